The van der Waals surface area contributed by atoms with E-state index in [0.29, 0.717) is 5.56 Å². The van der Waals surface area contributed by atoms with Gasteiger partial charge in [-0.05, 0) is 51.5 Å². The van der Waals surface area contributed by atoms with Gasteiger partial charge < -0.3 is 13.8 Å². The molecule has 1 rings (SSSR count). The number of rotatable bonds is 9. The summed E-state index contributed by atoms with van der Waals surface area (Å²) in [4.78, 5) is 12.0. The second-order valence-corrected chi connectivity index (χ2v) is 7.74. The molecular weight excluding hydrogens is 353 g/mol. The average molecular weight is 376 g/mol. The number of hydrogen-bond donors (Lipinski definition) is 0. The van der Waals surface area contributed by atoms with Gasteiger partial charge in [0.2, 0.25) is 0 Å². The van der Waals surface area contributed by atoms with Crippen LogP contribution >= 0.6 is 7.60 Å². The largest absolute Gasteiger partial charge is 0.455 e. The number of halogens is 2. The fraction of sp³-hybridized carbons (Fsp3) is 0.471. The Bertz CT molecular complexity index is 663. The molecule has 25 heavy (non-hydrogen) atoms. The molecule has 0 aromatic heterocycles. The molecule has 0 aliphatic rings. The highest BCUT2D eigenvalue weighted by molar-refractivity contribution is 7.54. The van der Waals surface area contributed by atoms with E-state index in [1.807, 2.05) is 0 Å². The number of hydrogen-bond acceptors (Lipinski definition) is 5. The molecule has 0 heterocycles. The molecule has 5 nitrogen and oxygen atoms in total. The summed E-state index contributed by atoms with van der Waals surface area (Å²) in [7, 11) is -3.54. The van der Waals surface area contributed by atoms with E-state index in [-0.39, 0.29) is 13.2 Å². The van der Waals surface area contributed by atoms with Gasteiger partial charge in [-0.15, -0.1) is 0 Å². The van der Waals surface area contributed by atoms with Gasteiger partial charge in [-0.2, -0.15) is 0 Å². The Hall–Kier alpha value is -1.56. The molecule has 0 spiro atoms. The van der Waals surface area contributed by atoms with Crippen LogP contribution in [0.5, 0.6) is 0 Å². The summed E-state index contributed by atoms with van der Waals surface area (Å²) < 4.78 is 53.8. The topological polar surface area (TPSA) is 61.8 Å². The lowest BCUT2D eigenvalue weighted by molar-refractivity contribution is -0.149. The molecule has 0 aliphatic carbocycles. The summed E-state index contributed by atoms with van der Waals surface area (Å²) in [6.07, 6.45) is 2.52. The van der Waals surface area contributed by atoms with Crippen LogP contribution in [0.3, 0.4) is 0 Å². The molecule has 0 unspecified atom stereocenters. The molecule has 0 amide bonds. The van der Waals surface area contributed by atoms with Gasteiger partial charge >= 0.3 is 13.6 Å². The molecule has 0 aliphatic heterocycles. The molecule has 1 aromatic rings. The number of benzene rings is 1. The molecular formula is C17H23F2O5P. The number of ether oxygens (including phenoxy) is 1. The maximum Gasteiger partial charge on any atom is 0.341 e. The minimum absolute atomic E-state index is 0.143. The first-order valence-electron chi connectivity index (χ1n) is 7.85. The maximum atomic E-state index is 13.2. The van der Waals surface area contributed by atoms with Crippen LogP contribution in [-0.4, -0.2) is 30.9 Å². The van der Waals surface area contributed by atoms with Crippen molar-refractivity contribution in [3.05, 3.63) is 41.5 Å². The summed E-state index contributed by atoms with van der Waals surface area (Å²) >= 11 is 0. The number of carbonyl (C=O) groups excluding carboxylic acids is 1. The number of carbonyl (C=O) groups is 1. The van der Waals surface area contributed by atoms with Gasteiger partial charge in [-0.1, -0.05) is 12.1 Å². The monoisotopic (exact) mass is 376 g/mol. The van der Waals surface area contributed by atoms with E-state index in [0.717, 1.165) is 12.1 Å². The van der Waals surface area contributed by atoms with Crippen molar-refractivity contribution in [1.29, 1.82) is 0 Å². The Kier molecular flexibility index (Phi) is 7.93. The summed E-state index contributed by atoms with van der Waals surface area (Å²) in [5.74, 6) is -2.65. The van der Waals surface area contributed by atoms with Gasteiger partial charge in [0.15, 0.2) is 11.6 Å². The lowest BCUT2D eigenvalue weighted by Gasteiger charge is -2.23. The van der Waals surface area contributed by atoms with Gasteiger partial charge in [0.05, 0.1) is 13.2 Å². The lowest BCUT2D eigenvalue weighted by atomic mass is 10.1. The van der Waals surface area contributed by atoms with Gasteiger partial charge in [-0.25, -0.2) is 8.78 Å². The highest BCUT2D eigenvalue weighted by Gasteiger charge is 2.31. The average Bonchev–Trinajstić information content (AvgIpc) is 2.48. The molecule has 0 fully saturated rings. The zero-order valence-electron chi connectivity index (χ0n) is 14.8. The van der Waals surface area contributed by atoms with Gasteiger partial charge in [0, 0.05) is 0 Å². The van der Waals surface area contributed by atoms with Crippen molar-refractivity contribution in [2.45, 2.75) is 33.3 Å². The smallest absolute Gasteiger partial charge is 0.341 e. The molecule has 8 heteroatoms. The normalized spacial score (nSPS) is 12.6. The van der Waals surface area contributed by atoms with E-state index in [9.17, 15) is 18.1 Å². The van der Waals surface area contributed by atoms with E-state index < -0.39 is 37.0 Å². The second kappa shape index (κ2) is 9.22. The van der Waals surface area contributed by atoms with Crippen LogP contribution in [0.4, 0.5) is 8.78 Å². The molecule has 0 N–H and O–H groups in total. The maximum absolute atomic E-state index is 13.2. The highest BCUT2D eigenvalue weighted by atomic mass is 31.2. The van der Waals surface area contributed by atoms with Crippen LogP contribution in [0.1, 0.15) is 33.3 Å². The molecule has 0 saturated carbocycles. The Morgan fingerprint density at radius 2 is 1.76 bits per heavy atom. The Morgan fingerprint density at radius 1 is 1.16 bits per heavy atom. The second-order valence-electron chi connectivity index (χ2n) is 5.69. The third kappa shape index (κ3) is 7.46. The van der Waals surface area contributed by atoms with Crippen LogP contribution in [0, 0.1) is 11.6 Å². The quantitative estimate of drug-likeness (QED) is 0.467. The van der Waals surface area contributed by atoms with Crippen molar-refractivity contribution in [1.82, 2.24) is 0 Å². The van der Waals surface area contributed by atoms with Gasteiger partial charge in [0.1, 0.15) is 11.8 Å². The molecule has 0 bridgehead atoms. The molecule has 0 radical (unpaired) electrons. The summed E-state index contributed by atoms with van der Waals surface area (Å²) in [5.41, 5.74) is -0.636. The fourth-order valence-electron chi connectivity index (χ4n) is 1.95. The number of esters is 1. The van der Waals surface area contributed by atoms with E-state index in [4.69, 9.17) is 13.8 Å². The van der Waals surface area contributed by atoms with Crippen molar-refractivity contribution in [2.75, 3.05) is 19.4 Å². The van der Waals surface area contributed by atoms with Crippen LogP contribution in [0.2, 0.25) is 0 Å². The molecule has 140 valence electrons. The Labute approximate surface area is 146 Å². The van der Waals surface area contributed by atoms with Crippen molar-refractivity contribution in [3.63, 3.8) is 0 Å². The third-order valence-corrected chi connectivity index (χ3v) is 4.92. The summed E-state index contributed by atoms with van der Waals surface area (Å²) in [6, 6.07) is 3.43. The Morgan fingerprint density at radius 3 is 2.28 bits per heavy atom. The van der Waals surface area contributed by atoms with E-state index >= 15 is 0 Å². The molecule has 0 saturated heterocycles. The highest BCUT2D eigenvalue weighted by Crippen LogP contribution is 2.48. The first kappa shape index (κ1) is 21.5. The third-order valence-electron chi connectivity index (χ3n) is 2.97. The van der Waals surface area contributed by atoms with Crippen LogP contribution in [0.15, 0.2) is 24.3 Å². The molecule has 1 aromatic carbocycles. The van der Waals surface area contributed by atoms with Crippen molar-refractivity contribution in [3.8, 4) is 0 Å². The lowest BCUT2D eigenvalue weighted by Crippen LogP contribution is -2.27. The van der Waals surface area contributed by atoms with E-state index in [1.165, 1.54) is 18.2 Å². The first-order chi connectivity index (χ1) is 11.6. The predicted octanol–water partition coefficient (Wildman–Crippen LogP) is 4.57. The van der Waals surface area contributed by atoms with Crippen LogP contribution in [0.25, 0.3) is 6.08 Å². The zero-order valence-corrected chi connectivity index (χ0v) is 15.6. The fourth-order valence-corrected chi connectivity index (χ4v) is 3.38. The van der Waals surface area contributed by atoms with Crippen molar-refractivity contribution in [2.24, 2.45) is 0 Å². The minimum atomic E-state index is -3.54. The van der Waals surface area contributed by atoms with Crippen LogP contribution < -0.4 is 0 Å². The predicted molar refractivity (Wildman–Crippen MR) is 91.3 cm³/mol. The first-order valence-corrected chi connectivity index (χ1v) is 9.58. The summed E-state index contributed by atoms with van der Waals surface area (Å²) in [6.45, 7) is 6.78. The van der Waals surface area contributed by atoms with Crippen molar-refractivity contribution >= 4 is 19.6 Å². The zero-order chi connectivity index (χ0) is 19.1. The minimum Gasteiger partial charge on any atom is -0.455 e. The van der Waals surface area contributed by atoms with Gasteiger partial charge in [-0.3, -0.25) is 9.36 Å². The Balaban J connectivity index is 2.75. The van der Waals surface area contributed by atoms with Gasteiger partial charge in [0.25, 0.3) is 0 Å². The standard InChI is InChI=1S/C17H23F2O5P/c1-5-22-25(21,23-6-2)12-16(20)24-17(3,4)10-9-13-7-8-14(18)15(19)11-13/h7-11H,5-6,12H2,1-4H3/b10-9+. The summed E-state index contributed by atoms with van der Waals surface area (Å²) in [5, 5.41) is 0. The van der Waals surface area contributed by atoms with Crippen LogP contribution in [-0.2, 0) is 23.1 Å². The molecule has 0 atom stereocenters. The SMILES string of the molecule is CCOP(=O)(CC(=O)OC(C)(C)/C=C/c1ccc(F)c(F)c1)OCC. The van der Waals surface area contributed by atoms with Crippen molar-refractivity contribution < 1.29 is 31.9 Å². The van der Waals surface area contributed by atoms with E-state index in [1.54, 1.807) is 27.7 Å². The van der Waals surface area contributed by atoms with E-state index in [2.05, 4.69) is 0 Å².